The summed E-state index contributed by atoms with van der Waals surface area (Å²) in [4.78, 5) is 12.5. The number of ether oxygens (including phenoxy) is 4. The minimum absolute atomic E-state index is 0.0826. The molecule has 0 aliphatic heterocycles. The fourth-order valence-corrected chi connectivity index (χ4v) is 3.93. The van der Waals surface area contributed by atoms with Crippen LogP contribution in [0.25, 0.3) is 11.1 Å². The molecule has 164 valence electrons. The molecule has 6 heteroatoms. The van der Waals surface area contributed by atoms with Crippen LogP contribution >= 0.6 is 0 Å². The van der Waals surface area contributed by atoms with Gasteiger partial charge in [0.1, 0.15) is 12.4 Å². The molecule has 0 saturated carbocycles. The van der Waals surface area contributed by atoms with Crippen molar-refractivity contribution in [2.75, 3.05) is 27.9 Å². The first-order valence-electron chi connectivity index (χ1n) is 10.1. The molecule has 1 aliphatic rings. The number of benzene rings is 3. The molecular formula is C26H23FO5. The highest BCUT2D eigenvalue weighted by Crippen LogP contribution is 2.44. The van der Waals surface area contributed by atoms with Crippen molar-refractivity contribution < 1.29 is 28.1 Å². The number of esters is 1. The average Bonchev–Trinajstić information content (AvgIpc) is 3.20. The van der Waals surface area contributed by atoms with Crippen LogP contribution < -0.4 is 14.2 Å². The fraction of sp³-hybridized carbons (Fsp3) is 0.192. The van der Waals surface area contributed by atoms with E-state index in [4.69, 9.17) is 18.9 Å². The van der Waals surface area contributed by atoms with Crippen LogP contribution in [0.3, 0.4) is 0 Å². The van der Waals surface area contributed by atoms with Gasteiger partial charge in [0, 0.05) is 5.57 Å². The molecule has 1 aliphatic carbocycles. The van der Waals surface area contributed by atoms with Crippen LogP contribution in [0.5, 0.6) is 17.2 Å². The van der Waals surface area contributed by atoms with E-state index in [1.807, 2.05) is 30.3 Å². The molecule has 0 fully saturated rings. The smallest absolute Gasteiger partial charge is 0.338 e. The third-order valence-electron chi connectivity index (χ3n) is 5.51. The number of fused-ring (bicyclic) bond motifs is 1. The predicted octanol–water partition coefficient (Wildman–Crippen LogP) is 5.18. The number of rotatable bonds is 7. The van der Waals surface area contributed by atoms with Crippen LogP contribution in [0.15, 0.2) is 60.7 Å². The summed E-state index contributed by atoms with van der Waals surface area (Å²) >= 11 is 0. The number of carbonyl (C=O) groups excluding carboxylic acids is 1. The van der Waals surface area contributed by atoms with Crippen LogP contribution in [0, 0.1) is 5.82 Å². The largest absolute Gasteiger partial charge is 0.493 e. The summed E-state index contributed by atoms with van der Waals surface area (Å²) in [6.45, 7) is 0.0826. The van der Waals surface area contributed by atoms with E-state index in [1.165, 1.54) is 24.3 Å². The molecule has 0 amide bonds. The molecule has 5 nitrogen and oxygen atoms in total. The zero-order valence-corrected chi connectivity index (χ0v) is 18.1. The minimum Gasteiger partial charge on any atom is -0.493 e. The van der Waals surface area contributed by atoms with Crippen LogP contribution in [0.1, 0.15) is 27.0 Å². The maximum absolute atomic E-state index is 13.2. The van der Waals surface area contributed by atoms with Gasteiger partial charge >= 0.3 is 5.97 Å². The molecule has 0 heterocycles. The van der Waals surface area contributed by atoms with Crippen LogP contribution in [0.4, 0.5) is 4.39 Å². The van der Waals surface area contributed by atoms with E-state index in [-0.39, 0.29) is 6.61 Å². The third kappa shape index (κ3) is 4.04. The van der Waals surface area contributed by atoms with Crippen molar-refractivity contribution in [3.05, 3.63) is 88.7 Å². The average molecular weight is 434 g/mol. The summed E-state index contributed by atoms with van der Waals surface area (Å²) in [5.74, 6) is 0.699. The molecule has 0 atom stereocenters. The molecule has 0 N–H and O–H groups in total. The van der Waals surface area contributed by atoms with E-state index in [0.29, 0.717) is 29.2 Å². The zero-order chi connectivity index (χ0) is 22.7. The monoisotopic (exact) mass is 434 g/mol. The summed E-state index contributed by atoms with van der Waals surface area (Å²) in [5.41, 5.74) is 5.28. The van der Waals surface area contributed by atoms with Crippen molar-refractivity contribution >= 4 is 17.1 Å². The van der Waals surface area contributed by atoms with Gasteiger partial charge in [-0.15, -0.1) is 0 Å². The second kappa shape index (κ2) is 9.14. The molecule has 0 saturated heterocycles. The molecule has 0 spiro atoms. The fourth-order valence-electron chi connectivity index (χ4n) is 3.93. The van der Waals surface area contributed by atoms with Gasteiger partial charge in [-0.2, -0.15) is 0 Å². The molecule has 0 aromatic heterocycles. The highest BCUT2D eigenvalue weighted by atomic mass is 19.1. The Balaban J connectivity index is 1.72. The number of hydrogen-bond donors (Lipinski definition) is 0. The lowest BCUT2D eigenvalue weighted by molar-refractivity contribution is 0.0557. The maximum Gasteiger partial charge on any atom is 0.338 e. The number of allylic oxidation sites excluding steroid dienone is 1. The topological polar surface area (TPSA) is 54.0 Å². The third-order valence-corrected chi connectivity index (χ3v) is 5.51. The second-order valence-corrected chi connectivity index (χ2v) is 7.29. The van der Waals surface area contributed by atoms with E-state index >= 15 is 0 Å². The lowest BCUT2D eigenvalue weighted by Crippen LogP contribution is -2.08. The van der Waals surface area contributed by atoms with Gasteiger partial charge in [-0.3, -0.25) is 0 Å². The minimum atomic E-state index is -0.508. The molecular weight excluding hydrogens is 411 g/mol. The van der Waals surface area contributed by atoms with Crippen molar-refractivity contribution in [2.24, 2.45) is 0 Å². The molecule has 4 rings (SSSR count). The Labute approximate surface area is 186 Å². The first-order valence-corrected chi connectivity index (χ1v) is 10.1. The van der Waals surface area contributed by atoms with Gasteiger partial charge in [-0.25, -0.2) is 9.18 Å². The molecule has 0 unspecified atom stereocenters. The maximum atomic E-state index is 13.2. The predicted molar refractivity (Wildman–Crippen MR) is 120 cm³/mol. The van der Waals surface area contributed by atoms with Crippen molar-refractivity contribution in [3.63, 3.8) is 0 Å². The van der Waals surface area contributed by atoms with Gasteiger partial charge in [0.15, 0.2) is 11.5 Å². The summed E-state index contributed by atoms with van der Waals surface area (Å²) in [5, 5.41) is 0. The van der Waals surface area contributed by atoms with Gasteiger partial charge in [-0.05, 0) is 65.1 Å². The Morgan fingerprint density at radius 3 is 2.19 bits per heavy atom. The van der Waals surface area contributed by atoms with Gasteiger partial charge in [0.2, 0.25) is 5.75 Å². The summed E-state index contributed by atoms with van der Waals surface area (Å²) in [6, 6.07) is 17.1. The quantitative estimate of drug-likeness (QED) is 0.480. The normalized spacial score (nSPS) is 12.4. The summed E-state index contributed by atoms with van der Waals surface area (Å²) in [7, 11) is 4.71. The molecule has 3 aromatic rings. The Bertz CT molecular complexity index is 1160. The number of carbonyl (C=O) groups is 1. The zero-order valence-electron chi connectivity index (χ0n) is 18.1. The van der Waals surface area contributed by atoms with Crippen molar-refractivity contribution in [3.8, 4) is 17.2 Å². The van der Waals surface area contributed by atoms with Crippen LogP contribution in [-0.4, -0.2) is 33.9 Å². The van der Waals surface area contributed by atoms with E-state index in [9.17, 15) is 9.18 Å². The Morgan fingerprint density at radius 1 is 0.906 bits per heavy atom. The SMILES string of the molecule is COc1cc(C2=C(COC(=O)c3ccc(F)cc3)c3ccccc3C2)cc(OC)c1OC. The van der Waals surface area contributed by atoms with E-state index in [0.717, 1.165) is 27.8 Å². The Morgan fingerprint density at radius 2 is 1.56 bits per heavy atom. The van der Waals surface area contributed by atoms with E-state index in [2.05, 4.69) is 6.07 Å². The van der Waals surface area contributed by atoms with E-state index in [1.54, 1.807) is 21.3 Å². The highest BCUT2D eigenvalue weighted by Gasteiger charge is 2.25. The number of methoxy groups -OCH3 is 3. The lowest BCUT2D eigenvalue weighted by atomic mass is 9.99. The number of hydrogen-bond acceptors (Lipinski definition) is 5. The van der Waals surface area contributed by atoms with Crippen molar-refractivity contribution in [1.29, 1.82) is 0 Å². The summed E-state index contributed by atoms with van der Waals surface area (Å²) in [6.07, 6.45) is 0.679. The number of halogens is 1. The van der Waals surface area contributed by atoms with Gasteiger partial charge in [0.05, 0.1) is 26.9 Å². The molecule has 32 heavy (non-hydrogen) atoms. The Kier molecular flexibility index (Phi) is 6.12. The van der Waals surface area contributed by atoms with Crippen molar-refractivity contribution in [1.82, 2.24) is 0 Å². The second-order valence-electron chi connectivity index (χ2n) is 7.29. The van der Waals surface area contributed by atoms with Crippen LogP contribution in [-0.2, 0) is 11.2 Å². The van der Waals surface area contributed by atoms with Gasteiger partial charge < -0.3 is 18.9 Å². The molecule has 0 bridgehead atoms. The Hall–Kier alpha value is -3.80. The van der Waals surface area contributed by atoms with Crippen LogP contribution in [0.2, 0.25) is 0 Å². The lowest BCUT2D eigenvalue weighted by Gasteiger charge is -2.16. The standard InChI is InChI=1S/C26H23FO5/c1-29-23-13-18(14-24(30-2)25(23)31-3)21-12-17-6-4-5-7-20(17)22(21)15-32-26(28)16-8-10-19(27)11-9-16/h4-11,13-14H,12,15H2,1-3H3. The van der Waals surface area contributed by atoms with Gasteiger partial charge in [0.25, 0.3) is 0 Å². The first kappa shape index (κ1) is 21.4. The summed E-state index contributed by atoms with van der Waals surface area (Å²) < 4.78 is 35.3. The van der Waals surface area contributed by atoms with E-state index < -0.39 is 11.8 Å². The van der Waals surface area contributed by atoms with Gasteiger partial charge in [-0.1, -0.05) is 24.3 Å². The van der Waals surface area contributed by atoms with Crippen molar-refractivity contribution in [2.45, 2.75) is 6.42 Å². The first-order chi connectivity index (χ1) is 15.5. The molecule has 0 radical (unpaired) electrons. The molecule has 3 aromatic carbocycles. The highest BCUT2D eigenvalue weighted by molar-refractivity contribution is 5.99.